The first-order valence-electron chi connectivity index (χ1n) is 7.00. The third-order valence-electron chi connectivity index (χ3n) is 4.01. The smallest absolute Gasteiger partial charge is 0.239 e. The van der Waals surface area contributed by atoms with Gasteiger partial charge in [0.05, 0.1) is 12.0 Å². The Kier molecular flexibility index (Phi) is 4.58. The number of nitrogens with one attached hydrogen (secondary N) is 1. The van der Waals surface area contributed by atoms with Gasteiger partial charge in [0.2, 0.25) is 11.8 Å². The van der Waals surface area contributed by atoms with E-state index in [9.17, 15) is 9.59 Å². The number of amides is 2. The maximum Gasteiger partial charge on any atom is 0.239 e. The maximum atomic E-state index is 12.3. The Hall–Kier alpha value is -1.10. The topological polar surface area (TPSA) is 75.4 Å². The minimum Gasteiger partial charge on any atom is -0.369 e. The lowest BCUT2D eigenvalue weighted by atomic mass is 10.0. The van der Waals surface area contributed by atoms with Crippen molar-refractivity contribution in [3.63, 3.8) is 0 Å². The van der Waals surface area contributed by atoms with Crippen LogP contribution in [-0.2, 0) is 9.59 Å². The molecule has 0 saturated carbocycles. The number of carbonyl (C=O) groups is 2. The molecule has 0 aromatic rings. The van der Waals surface area contributed by atoms with E-state index in [1.807, 2.05) is 0 Å². The first kappa shape index (κ1) is 13.3. The molecule has 2 rings (SSSR count). The summed E-state index contributed by atoms with van der Waals surface area (Å²) >= 11 is 0. The van der Waals surface area contributed by atoms with Crippen molar-refractivity contribution in [2.45, 2.75) is 44.6 Å². The lowest BCUT2D eigenvalue weighted by molar-refractivity contribution is -0.133. The fourth-order valence-electron chi connectivity index (χ4n) is 2.83. The van der Waals surface area contributed by atoms with Gasteiger partial charge in [0.25, 0.3) is 0 Å². The standard InChI is InChI=1S/C13H23N3O2/c14-12(17)10-6-8-16(9-10)13(18)11-5-3-1-2-4-7-15-11/h10-11,15H,1-9H2,(H2,14,17). The fourth-order valence-corrected chi connectivity index (χ4v) is 2.83. The molecule has 2 unspecified atom stereocenters. The van der Waals surface area contributed by atoms with Crippen LogP contribution in [0.25, 0.3) is 0 Å². The quantitative estimate of drug-likeness (QED) is 0.740. The number of carbonyl (C=O) groups excluding carboxylic acids is 2. The van der Waals surface area contributed by atoms with Crippen molar-refractivity contribution < 1.29 is 9.59 Å². The van der Waals surface area contributed by atoms with Crippen molar-refractivity contribution in [1.29, 1.82) is 0 Å². The molecule has 102 valence electrons. The van der Waals surface area contributed by atoms with Crippen molar-refractivity contribution in [2.24, 2.45) is 11.7 Å². The van der Waals surface area contributed by atoms with Crippen LogP contribution in [0, 0.1) is 5.92 Å². The van der Waals surface area contributed by atoms with Crippen LogP contribution < -0.4 is 11.1 Å². The predicted molar refractivity (Wildman–Crippen MR) is 68.8 cm³/mol. The van der Waals surface area contributed by atoms with Gasteiger partial charge < -0.3 is 16.0 Å². The first-order chi connectivity index (χ1) is 8.68. The van der Waals surface area contributed by atoms with Crippen LogP contribution >= 0.6 is 0 Å². The average molecular weight is 253 g/mol. The van der Waals surface area contributed by atoms with Gasteiger partial charge in [-0.2, -0.15) is 0 Å². The molecule has 5 nitrogen and oxygen atoms in total. The molecule has 0 aliphatic carbocycles. The molecule has 0 aromatic carbocycles. The van der Waals surface area contributed by atoms with Crippen LogP contribution in [0.4, 0.5) is 0 Å². The Balaban J connectivity index is 1.88. The molecule has 2 fully saturated rings. The van der Waals surface area contributed by atoms with Gasteiger partial charge in [-0.1, -0.05) is 19.3 Å². The number of hydrogen-bond acceptors (Lipinski definition) is 3. The van der Waals surface area contributed by atoms with E-state index < -0.39 is 0 Å². The SMILES string of the molecule is NC(=O)C1CCN(C(=O)C2CCCCCCN2)C1. The van der Waals surface area contributed by atoms with Gasteiger partial charge in [-0.25, -0.2) is 0 Å². The van der Waals surface area contributed by atoms with E-state index in [4.69, 9.17) is 5.73 Å². The van der Waals surface area contributed by atoms with Crippen molar-refractivity contribution in [3.8, 4) is 0 Å². The van der Waals surface area contributed by atoms with E-state index in [2.05, 4.69) is 5.32 Å². The number of likely N-dealkylation sites (tertiary alicyclic amines) is 1. The highest BCUT2D eigenvalue weighted by Crippen LogP contribution is 2.18. The number of hydrogen-bond donors (Lipinski definition) is 2. The Bertz CT molecular complexity index is 311. The normalized spacial score (nSPS) is 29.7. The van der Waals surface area contributed by atoms with E-state index in [0.29, 0.717) is 19.5 Å². The summed E-state index contributed by atoms with van der Waals surface area (Å²) in [5.74, 6) is -0.279. The average Bonchev–Trinajstić information content (AvgIpc) is 2.77. The molecule has 0 aromatic heterocycles. The zero-order valence-electron chi connectivity index (χ0n) is 10.9. The second kappa shape index (κ2) is 6.18. The third-order valence-corrected chi connectivity index (χ3v) is 4.01. The largest absolute Gasteiger partial charge is 0.369 e. The Morgan fingerprint density at radius 1 is 1.11 bits per heavy atom. The summed E-state index contributed by atoms with van der Waals surface area (Å²) in [5.41, 5.74) is 5.29. The van der Waals surface area contributed by atoms with Crippen molar-refractivity contribution in [2.75, 3.05) is 19.6 Å². The Morgan fingerprint density at radius 2 is 1.89 bits per heavy atom. The molecule has 0 radical (unpaired) electrons. The fraction of sp³-hybridized carbons (Fsp3) is 0.846. The summed E-state index contributed by atoms with van der Waals surface area (Å²) in [7, 11) is 0. The van der Waals surface area contributed by atoms with Crippen LogP contribution in [0.5, 0.6) is 0 Å². The van der Waals surface area contributed by atoms with E-state index in [0.717, 1.165) is 25.8 Å². The molecule has 2 aliphatic heterocycles. The number of nitrogens with two attached hydrogens (primary N) is 1. The maximum absolute atomic E-state index is 12.3. The molecule has 0 spiro atoms. The highest BCUT2D eigenvalue weighted by molar-refractivity contribution is 5.84. The van der Waals surface area contributed by atoms with Gasteiger partial charge in [0, 0.05) is 13.1 Å². The molecule has 2 saturated heterocycles. The summed E-state index contributed by atoms with van der Waals surface area (Å²) in [6.07, 6.45) is 6.35. The van der Waals surface area contributed by atoms with Gasteiger partial charge in [0.1, 0.15) is 0 Å². The molecular formula is C13H23N3O2. The monoisotopic (exact) mass is 253 g/mol. The van der Waals surface area contributed by atoms with Gasteiger partial charge in [0.15, 0.2) is 0 Å². The van der Waals surface area contributed by atoms with Gasteiger partial charge >= 0.3 is 0 Å². The molecule has 2 heterocycles. The molecule has 0 bridgehead atoms. The summed E-state index contributed by atoms with van der Waals surface area (Å²) in [6, 6.07) is -0.0584. The molecule has 3 N–H and O–H groups in total. The number of rotatable bonds is 2. The summed E-state index contributed by atoms with van der Waals surface area (Å²) in [6.45, 7) is 2.10. The zero-order valence-corrected chi connectivity index (χ0v) is 10.9. The lowest BCUT2D eigenvalue weighted by Gasteiger charge is -2.25. The molecule has 2 atom stereocenters. The van der Waals surface area contributed by atoms with Crippen molar-refractivity contribution >= 4 is 11.8 Å². The minimum absolute atomic E-state index is 0.0584. The summed E-state index contributed by atoms with van der Waals surface area (Å²) in [5, 5.41) is 3.33. The van der Waals surface area contributed by atoms with Gasteiger partial charge in [-0.3, -0.25) is 9.59 Å². The van der Waals surface area contributed by atoms with E-state index in [1.165, 1.54) is 12.8 Å². The van der Waals surface area contributed by atoms with Gasteiger partial charge in [-0.15, -0.1) is 0 Å². The Morgan fingerprint density at radius 3 is 2.61 bits per heavy atom. The molecule has 2 amide bonds. The van der Waals surface area contributed by atoms with Crippen LogP contribution in [0.3, 0.4) is 0 Å². The van der Waals surface area contributed by atoms with Crippen LogP contribution in [0.1, 0.15) is 38.5 Å². The minimum atomic E-state index is -0.282. The molecular weight excluding hydrogens is 230 g/mol. The second-order valence-corrected chi connectivity index (χ2v) is 5.38. The van der Waals surface area contributed by atoms with Gasteiger partial charge in [-0.05, 0) is 25.8 Å². The molecule has 5 heteroatoms. The van der Waals surface area contributed by atoms with Crippen LogP contribution in [0.2, 0.25) is 0 Å². The highest BCUT2D eigenvalue weighted by Gasteiger charge is 2.32. The molecule has 18 heavy (non-hydrogen) atoms. The van der Waals surface area contributed by atoms with E-state index in [1.54, 1.807) is 4.90 Å². The molecule has 2 aliphatic rings. The number of nitrogens with zero attached hydrogens (tertiary/aromatic N) is 1. The third kappa shape index (κ3) is 3.22. The summed E-state index contributed by atoms with van der Waals surface area (Å²) in [4.78, 5) is 25.3. The van der Waals surface area contributed by atoms with Crippen LogP contribution in [0.15, 0.2) is 0 Å². The van der Waals surface area contributed by atoms with E-state index >= 15 is 0 Å². The first-order valence-corrected chi connectivity index (χ1v) is 7.00. The zero-order chi connectivity index (χ0) is 13.0. The summed E-state index contributed by atoms with van der Waals surface area (Å²) < 4.78 is 0. The van der Waals surface area contributed by atoms with Crippen molar-refractivity contribution in [3.05, 3.63) is 0 Å². The van der Waals surface area contributed by atoms with Crippen molar-refractivity contribution in [1.82, 2.24) is 10.2 Å². The Labute approximate surface area is 108 Å². The van der Waals surface area contributed by atoms with Crippen LogP contribution in [-0.4, -0.2) is 42.4 Å². The number of primary amides is 1. The predicted octanol–water partition coefficient (Wildman–Crippen LogP) is 0.242. The highest BCUT2D eigenvalue weighted by atomic mass is 16.2. The second-order valence-electron chi connectivity index (χ2n) is 5.38. The van der Waals surface area contributed by atoms with E-state index in [-0.39, 0.29) is 23.8 Å². The lowest BCUT2D eigenvalue weighted by Crippen LogP contribution is -2.46.